The van der Waals surface area contributed by atoms with Crippen LogP contribution in [0, 0.1) is 0 Å². The summed E-state index contributed by atoms with van der Waals surface area (Å²) >= 11 is 0. The summed E-state index contributed by atoms with van der Waals surface area (Å²) in [5.41, 5.74) is -0.853. The molecule has 2 aromatic carbocycles. The molecule has 10 heteroatoms. The van der Waals surface area contributed by atoms with E-state index in [1.807, 2.05) is 0 Å². The molecular weight excluding hydrogens is 430 g/mol. The maximum Gasteiger partial charge on any atom is 0.407 e. The number of carbonyl (C=O) groups excluding carboxylic acids is 1. The third-order valence-corrected chi connectivity index (χ3v) is 4.86. The Hall–Kier alpha value is -4.34. The Kier molecular flexibility index (Phi) is 7.29. The zero-order valence-corrected chi connectivity index (χ0v) is 18.2. The van der Waals surface area contributed by atoms with Crippen LogP contribution in [0.5, 0.6) is 17.8 Å². The third-order valence-electron chi connectivity index (χ3n) is 4.86. The molecule has 3 rings (SSSR count). The molecule has 0 aliphatic heterocycles. The zero-order valence-electron chi connectivity index (χ0n) is 18.2. The van der Waals surface area contributed by atoms with Gasteiger partial charge in [-0.3, -0.25) is 0 Å². The van der Waals surface area contributed by atoms with Crippen LogP contribution in [0.4, 0.5) is 4.79 Å². The molecule has 0 radical (unpaired) electrons. The number of carboxylic acids is 1. The summed E-state index contributed by atoms with van der Waals surface area (Å²) in [6.07, 6.45) is -2.58. The minimum atomic E-state index is -1.72. The van der Waals surface area contributed by atoms with E-state index in [4.69, 9.17) is 18.9 Å². The molecule has 1 atom stereocenters. The highest BCUT2D eigenvalue weighted by Crippen LogP contribution is 2.36. The number of hydrogen-bond acceptors (Lipinski definition) is 8. The molecule has 1 unspecified atom stereocenters. The van der Waals surface area contributed by atoms with Gasteiger partial charge in [0.1, 0.15) is 5.54 Å². The second kappa shape index (κ2) is 10.3. The first-order valence-electron chi connectivity index (χ1n) is 9.78. The number of amides is 1. The highest BCUT2D eigenvalue weighted by Gasteiger charge is 2.50. The summed E-state index contributed by atoms with van der Waals surface area (Å²) in [6.45, 7) is 0. The van der Waals surface area contributed by atoms with Crippen molar-refractivity contribution >= 4 is 12.1 Å². The van der Waals surface area contributed by atoms with Crippen molar-refractivity contribution in [2.75, 3.05) is 21.3 Å². The summed E-state index contributed by atoms with van der Waals surface area (Å²) in [7, 11) is 3.96. The molecule has 1 amide bonds. The lowest BCUT2D eigenvalue weighted by Crippen LogP contribution is -2.59. The molecule has 10 nitrogen and oxygen atoms in total. The lowest BCUT2D eigenvalue weighted by molar-refractivity contribution is -0.149. The number of hydrogen-bond donors (Lipinski definition) is 2. The van der Waals surface area contributed by atoms with E-state index in [-0.39, 0.29) is 17.8 Å². The van der Waals surface area contributed by atoms with Gasteiger partial charge in [-0.05, 0) is 11.1 Å². The van der Waals surface area contributed by atoms with Crippen molar-refractivity contribution in [3.63, 3.8) is 0 Å². The van der Waals surface area contributed by atoms with E-state index in [0.29, 0.717) is 11.1 Å². The maximum atomic E-state index is 12.6. The van der Waals surface area contributed by atoms with E-state index < -0.39 is 23.7 Å². The molecule has 172 valence electrons. The normalized spacial score (nSPS) is 11.7. The van der Waals surface area contributed by atoms with Gasteiger partial charge in [0, 0.05) is 0 Å². The number of aliphatic carboxylic acids is 1. The number of methoxy groups -OCH3 is 3. The van der Waals surface area contributed by atoms with Gasteiger partial charge < -0.3 is 29.4 Å². The van der Waals surface area contributed by atoms with E-state index in [1.165, 1.54) is 27.4 Å². The second-order valence-electron chi connectivity index (χ2n) is 6.73. The summed E-state index contributed by atoms with van der Waals surface area (Å²) in [5.74, 6) is -1.18. The molecule has 2 N–H and O–H groups in total. The molecule has 0 aliphatic rings. The number of alkyl carbamates (subject to hydrolysis) is 1. The fourth-order valence-electron chi connectivity index (χ4n) is 3.37. The minimum Gasteiger partial charge on any atom is -0.481 e. The van der Waals surface area contributed by atoms with E-state index in [9.17, 15) is 14.7 Å². The van der Waals surface area contributed by atoms with Gasteiger partial charge in [-0.2, -0.15) is 9.97 Å². The van der Waals surface area contributed by atoms with Gasteiger partial charge >= 0.3 is 18.1 Å². The molecule has 0 bridgehead atoms. The Morgan fingerprint density at radius 1 is 0.879 bits per heavy atom. The lowest BCUT2D eigenvalue weighted by Gasteiger charge is -2.39. The fraction of sp³-hybridized carbons (Fsp3) is 0.217. The average Bonchev–Trinajstić information content (AvgIpc) is 2.86. The number of nitrogens with one attached hydrogen (secondary N) is 1. The number of benzene rings is 2. The molecule has 1 heterocycles. The molecule has 0 aliphatic carbocycles. The molecule has 3 aromatic rings. The van der Waals surface area contributed by atoms with E-state index in [2.05, 4.69) is 15.3 Å². The second-order valence-corrected chi connectivity index (χ2v) is 6.73. The van der Waals surface area contributed by atoms with Crippen LogP contribution in [0.3, 0.4) is 0 Å². The van der Waals surface area contributed by atoms with Gasteiger partial charge in [0.25, 0.3) is 0 Å². The standard InChI is InChI=1S/C23H23N3O7/c1-30-17-14-18(31-2)25-21(24-17)33-19(20(27)28)23(26-22(29)32-3,15-10-6-4-7-11-15)16-12-8-5-9-13-16/h4-14,19H,1-3H3,(H,26,29)(H,27,28). The zero-order chi connectivity index (χ0) is 23.8. The Morgan fingerprint density at radius 3 is 1.76 bits per heavy atom. The van der Waals surface area contributed by atoms with Crippen molar-refractivity contribution in [1.82, 2.24) is 15.3 Å². The molecule has 33 heavy (non-hydrogen) atoms. The van der Waals surface area contributed by atoms with Crippen LogP contribution in [0.15, 0.2) is 66.7 Å². The van der Waals surface area contributed by atoms with Crippen LogP contribution < -0.4 is 19.5 Å². The van der Waals surface area contributed by atoms with E-state index >= 15 is 0 Å². The largest absolute Gasteiger partial charge is 0.481 e. The molecule has 0 saturated carbocycles. The monoisotopic (exact) mass is 453 g/mol. The number of carbonyl (C=O) groups is 2. The Balaban J connectivity index is 2.26. The first-order valence-corrected chi connectivity index (χ1v) is 9.78. The Labute approximate surface area is 190 Å². The molecular formula is C23H23N3O7. The van der Waals surface area contributed by atoms with E-state index in [0.717, 1.165) is 0 Å². The minimum absolute atomic E-state index is 0.104. The van der Waals surface area contributed by atoms with Crippen molar-refractivity contribution in [2.45, 2.75) is 11.6 Å². The van der Waals surface area contributed by atoms with Crippen LogP contribution in [-0.2, 0) is 15.1 Å². The molecule has 1 aromatic heterocycles. The van der Waals surface area contributed by atoms with E-state index in [1.54, 1.807) is 60.7 Å². The predicted molar refractivity (Wildman–Crippen MR) is 116 cm³/mol. The van der Waals surface area contributed by atoms with Crippen molar-refractivity contribution in [3.05, 3.63) is 77.9 Å². The summed E-state index contributed by atoms with van der Waals surface area (Å²) in [6, 6.07) is 18.2. The number of nitrogens with zero attached hydrogens (tertiary/aromatic N) is 2. The number of aromatic nitrogens is 2. The van der Waals surface area contributed by atoms with Crippen molar-refractivity contribution < 1.29 is 33.6 Å². The number of carboxylic acid groups (broad SMARTS) is 1. The lowest BCUT2D eigenvalue weighted by atomic mass is 9.78. The Morgan fingerprint density at radius 2 is 1.36 bits per heavy atom. The van der Waals surface area contributed by atoms with Crippen molar-refractivity contribution in [2.24, 2.45) is 0 Å². The molecule has 0 fully saturated rings. The van der Waals surface area contributed by atoms with Crippen LogP contribution >= 0.6 is 0 Å². The van der Waals surface area contributed by atoms with Crippen LogP contribution in [0.25, 0.3) is 0 Å². The summed E-state index contributed by atoms with van der Waals surface area (Å²) in [5, 5.41) is 13.0. The van der Waals surface area contributed by atoms with Gasteiger partial charge in [0.15, 0.2) is 0 Å². The highest BCUT2D eigenvalue weighted by molar-refractivity contribution is 5.80. The molecule has 0 saturated heterocycles. The quantitative estimate of drug-likeness (QED) is 0.502. The summed E-state index contributed by atoms with van der Waals surface area (Å²) in [4.78, 5) is 33.3. The summed E-state index contributed by atoms with van der Waals surface area (Å²) < 4.78 is 20.9. The Bertz CT molecular complexity index is 1030. The smallest absolute Gasteiger partial charge is 0.407 e. The van der Waals surface area contributed by atoms with Gasteiger partial charge in [-0.15, -0.1) is 0 Å². The maximum absolute atomic E-state index is 12.6. The number of rotatable bonds is 9. The van der Waals surface area contributed by atoms with Gasteiger partial charge in [0.05, 0.1) is 27.4 Å². The van der Waals surface area contributed by atoms with Gasteiger partial charge in [0.2, 0.25) is 17.9 Å². The first-order chi connectivity index (χ1) is 15.9. The van der Waals surface area contributed by atoms with Gasteiger partial charge in [-0.25, -0.2) is 9.59 Å². The van der Waals surface area contributed by atoms with Crippen molar-refractivity contribution in [3.8, 4) is 17.8 Å². The average molecular weight is 453 g/mol. The predicted octanol–water partition coefficient (Wildman–Crippen LogP) is 2.63. The topological polar surface area (TPSA) is 129 Å². The molecule has 0 spiro atoms. The van der Waals surface area contributed by atoms with Gasteiger partial charge in [-0.1, -0.05) is 60.7 Å². The van der Waals surface area contributed by atoms with Crippen molar-refractivity contribution in [1.29, 1.82) is 0 Å². The number of ether oxygens (including phenoxy) is 4. The van der Waals surface area contributed by atoms with Crippen LogP contribution in [0.1, 0.15) is 11.1 Å². The van der Waals surface area contributed by atoms with Crippen LogP contribution in [-0.4, -0.2) is 54.6 Å². The first kappa shape index (κ1) is 23.3. The van der Waals surface area contributed by atoms with Crippen LogP contribution in [0.2, 0.25) is 0 Å². The fourth-order valence-corrected chi connectivity index (χ4v) is 3.37. The SMILES string of the molecule is COC(=O)NC(c1ccccc1)(c1ccccc1)C(Oc1nc(OC)cc(OC)n1)C(=O)O. The third kappa shape index (κ3) is 4.95. The highest BCUT2D eigenvalue weighted by atomic mass is 16.6.